The van der Waals surface area contributed by atoms with Gasteiger partial charge in [-0.05, 0) is 132 Å². The molecular weight excluding hydrogens is 406 g/mol. The third-order valence-corrected chi connectivity index (χ3v) is 11.6. The zero-order valence-corrected chi connectivity index (χ0v) is 21.5. The number of nitrogens with zero attached hydrogens (tertiary/aromatic N) is 1. The van der Waals surface area contributed by atoms with E-state index in [1.165, 1.54) is 69.8 Å². The summed E-state index contributed by atoms with van der Waals surface area (Å²) < 4.78 is 6.71. The monoisotopic (exact) mass is 451 g/mol. The van der Waals surface area contributed by atoms with Crippen LogP contribution in [0.1, 0.15) is 90.9 Å². The third kappa shape index (κ3) is 3.31. The quantitative estimate of drug-likeness (QED) is 0.491. The molecular formula is C30H45NO2. The summed E-state index contributed by atoms with van der Waals surface area (Å²) in [6.07, 6.45) is 17.0. The number of carbonyl (C=O) groups is 1. The van der Waals surface area contributed by atoms with Crippen molar-refractivity contribution in [2.75, 3.05) is 20.7 Å². The molecule has 6 aliphatic rings. The molecule has 4 fully saturated rings. The second-order valence-electron chi connectivity index (χ2n) is 13.1. The smallest absolute Gasteiger partial charge is 0.156 e. The van der Waals surface area contributed by atoms with Gasteiger partial charge in [-0.1, -0.05) is 19.4 Å². The second kappa shape index (κ2) is 8.05. The van der Waals surface area contributed by atoms with Crippen LogP contribution in [0.2, 0.25) is 0 Å². The van der Waals surface area contributed by atoms with Gasteiger partial charge >= 0.3 is 0 Å². The SMILES string of the molecule is C[C@@H]1CC2C(=C3CCC(=O)C=C31)[C@@H](C1CCC(N(C)C)CC1)C[C@@]1(C)C2CC[C@@]12CCCO2. The van der Waals surface area contributed by atoms with Crippen molar-refractivity contribution in [1.29, 1.82) is 0 Å². The number of ketones is 1. The molecule has 0 aromatic heterocycles. The van der Waals surface area contributed by atoms with Crippen LogP contribution in [0, 0.1) is 35.0 Å². The highest BCUT2D eigenvalue weighted by molar-refractivity contribution is 5.93. The van der Waals surface area contributed by atoms with Gasteiger partial charge in [0.1, 0.15) is 0 Å². The molecule has 3 saturated carbocycles. The number of ether oxygens (including phenoxy) is 1. The summed E-state index contributed by atoms with van der Waals surface area (Å²) in [6, 6.07) is 0.756. The van der Waals surface area contributed by atoms with E-state index in [4.69, 9.17) is 4.74 Å². The van der Waals surface area contributed by atoms with Gasteiger partial charge < -0.3 is 9.64 Å². The van der Waals surface area contributed by atoms with E-state index in [1.54, 1.807) is 5.57 Å². The average Bonchev–Trinajstić information content (AvgIpc) is 3.39. The molecule has 3 heteroatoms. The van der Waals surface area contributed by atoms with E-state index < -0.39 is 0 Å². The predicted octanol–water partition coefficient (Wildman–Crippen LogP) is 6.33. The fraction of sp³-hybridized carbons (Fsp3) is 0.833. The molecule has 2 unspecified atom stereocenters. The Morgan fingerprint density at radius 1 is 1.03 bits per heavy atom. The highest BCUT2D eigenvalue weighted by Crippen LogP contribution is 2.69. The Morgan fingerprint density at radius 2 is 1.82 bits per heavy atom. The molecule has 1 aliphatic heterocycles. The van der Waals surface area contributed by atoms with E-state index in [9.17, 15) is 4.79 Å². The molecule has 6 atom stereocenters. The first-order chi connectivity index (χ1) is 15.8. The molecule has 6 rings (SSSR count). The highest BCUT2D eigenvalue weighted by atomic mass is 16.5. The van der Waals surface area contributed by atoms with Crippen LogP contribution in [-0.4, -0.2) is 43.0 Å². The molecule has 5 aliphatic carbocycles. The van der Waals surface area contributed by atoms with Gasteiger partial charge in [0.05, 0.1) is 5.60 Å². The van der Waals surface area contributed by atoms with E-state index in [0.717, 1.165) is 43.2 Å². The normalized spacial score (nSPS) is 47.5. The zero-order chi connectivity index (χ0) is 23.0. The van der Waals surface area contributed by atoms with Crippen LogP contribution in [0.4, 0.5) is 0 Å². The summed E-state index contributed by atoms with van der Waals surface area (Å²) in [6.45, 7) is 6.03. The number of hydrogen-bond acceptors (Lipinski definition) is 3. The lowest BCUT2D eigenvalue weighted by atomic mass is 9.48. The van der Waals surface area contributed by atoms with E-state index >= 15 is 0 Å². The molecule has 0 amide bonds. The lowest BCUT2D eigenvalue weighted by Gasteiger charge is -2.57. The van der Waals surface area contributed by atoms with Gasteiger partial charge in [-0.3, -0.25) is 4.79 Å². The average molecular weight is 452 g/mol. The van der Waals surface area contributed by atoms with Crippen molar-refractivity contribution in [2.24, 2.45) is 35.0 Å². The maximum atomic E-state index is 12.4. The highest BCUT2D eigenvalue weighted by Gasteiger charge is 2.65. The van der Waals surface area contributed by atoms with Crippen LogP contribution in [0.25, 0.3) is 0 Å². The van der Waals surface area contributed by atoms with Crippen molar-refractivity contribution < 1.29 is 9.53 Å². The molecule has 0 aromatic rings. The van der Waals surface area contributed by atoms with Gasteiger partial charge in [0, 0.05) is 24.5 Å². The van der Waals surface area contributed by atoms with Crippen molar-refractivity contribution in [2.45, 2.75) is 103 Å². The Hall–Kier alpha value is -0.930. The Balaban J connectivity index is 1.43. The second-order valence-corrected chi connectivity index (χ2v) is 13.1. The molecule has 1 spiro atoms. The summed E-state index contributed by atoms with van der Waals surface area (Å²) >= 11 is 0. The molecule has 1 saturated heterocycles. The molecule has 0 radical (unpaired) electrons. The standard InChI is InChI=1S/C30H45NO2/c1-19-16-25-27-12-14-30(13-5-15-33-30)29(27,2)18-26(20-6-8-21(9-7-20)31(3)4)28(25)23-11-10-22(32)17-24(19)23/h17,19-21,25-27H,5-16,18H2,1-4H3/t19-,20?,21?,25?,26-,27?,29+,30+/m1/s1. The van der Waals surface area contributed by atoms with Crippen LogP contribution in [-0.2, 0) is 9.53 Å². The number of carbonyl (C=O) groups excluding carboxylic acids is 1. The number of allylic oxidation sites excluding steroid dienone is 4. The first kappa shape index (κ1) is 22.5. The van der Waals surface area contributed by atoms with Crippen molar-refractivity contribution in [1.82, 2.24) is 4.90 Å². The minimum atomic E-state index is 0.148. The Bertz CT molecular complexity index is 870. The molecule has 0 N–H and O–H groups in total. The van der Waals surface area contributed by atoms with Crippen LogP contribution >= 0.6 is 0 Å². The maximum absolute atomic E-state index is 12.4. The lowest BCUT2D eigenvalue weighted by molar-refractivity contribution is -0.117. The van der Waals surface area contributed by atoms with Crippen LogP contribution in [0.5, 0.6) is 0 Å². The number of hydrogen-bond donors (Lipinski definition) is 0. The van der Waals surface area contributed by atoms with E-state index in [1.807, 2.05) is 5.57 Å². The van der Waals surface area contributed by atoms with E-state index in [0.29, 0.717) is 23.0 Å². The Kier molecular flexibility index (Phi) is 5.50. The summed E-state index contributed by atoms with van der Waals surface area (Å²) in [5, 5.41) is 0. The molecule has 0 bridgehead atoms. The van der Waals surface area contributed by atoms with Gasteiger partial charge in [-0.15, -0.1) is 0 Å². The summed E-state index contributed by atoms with van der Waals surface area (Å²) in [4.78, 5) is 14.8. The van der Waals surface area contributed by atoms with Gasteiger partial charge in [-0.25, -0.2) is 0 Å². The first-order valence-electron chi connectivity index (χ1n) is 14.1. The summed E-state index contributed by atoms with van der Waals surface area (Å²) in [5.41, 5.74) is 5.39. The molecule has 1 heterocycles. The van der Waals surface area contributed by atoms with Crippen molar-refractivity contribution in [3.05, 3.63) is 22.8 Å². The van der Waals surface area contributed by atoms with Crippen molar-refractivity contribution in [3.8, 4) is 0 Å². The molecule has 33 heavy (non-hydrogen) atoms. The summed E-state index contributed by atoms with van der Waals surface area (Å²) in [5.74, 6) is 3.91. The largest absolute Gasteiger partial charge is 0.374 e. The third-order valence-electron chi connectivity index (χ3n) is 11.6. The predicted molar refractivity (Wildman–Crippen MR) is 133 cm³/mol. The number of fused-ring (bicyclic) bond motifs is 5. The minimum absolute atomic E-state index is 0.148. The first-order valence-corrected chi connectivity index (χ1v) is 14.1. The molecule has 182 valence electrons. The maximum Gasteiger partial charge on any atom is 0.156 e. The van der Waals surface area contributed by atoms with Gasteiger partial charge in [0.2, 0.25) is 0 Å². The fourth-order valence-electron chi connectivity index (χ4n) is 9.88. The van der Waals surface area contributed by atoms with Crippen molar-refractivity contribution in [3.63, 3.8) is 0 Å². The van der Waals surface area contributed by atoms with Gasteiger partial charge in [0.25, 0.3) is 0 Å². The summed E-state index contributed by atoms with van der Waals surface area (Å²) in [7, 11) is 4.52. The van der Waals surface area contributed by atoms with Crippen LogP contribution in [0.15, 0.2) is 22.8 Å². The Morgan fingerprint density at radius 3 is 2.52 bits per heavy atom. The fourth-order valence-corrected chi connectivity index (χ4v) is 9.88. The molecule has 3 nitrogen and oxygen atoms in total. The topological polar surface area (TPSA) is 29.5 Å². The van der Waals surface area contributed by atoms with E-state index in [2.05, 4.69) is 38.9 Å². The zero-order valence-electron chi connectivity index (χ0n) is 21.5. The minimum Gasteiger partial charge on any atom is -0.374 e. The van der Waals surface area contributed by atoms with Crippen LogP contribution in [0.3, 0.4) is 0 Å². The van der Waals surface area contributed by atoms with E-state index in [-0.39, 0.29) is 5.60 Å². The van der Waals surface area contributed by atoms with Gasteiger partial charge in [0.15, 0.2) is 5.78 Å². The van der Waals surface area contributed by atoms with Crippen molar-refractivity contribution >= 4 is 5.78 Å². The van der Waals surface area contributed by atoms with Gasteiger partial charge in [-0.2, -0.15) is 0 Å². The number of rotatable bonds is 2. The lowest BCUT2D eigenvalue weighted by Crippen LogP contribution is -2.53. The van der Waals surface area contributed by atoms with Crippen LogP contribution < -0.4 is 0 Å². The Labute approximate surface area is 201 Å². The molecule has 0 aromatic carbocycles.